The van der Waals surface area contributed by atoms with Crippen molar-refractivity contribution < 1.29 is 18.7 Å². The number of amides is 1. The molecule has 5 heteroatoms. The first kappa shape index (κ1) is 16.4. The summed E-state index contributed by atoms with van der Waals surface area (Å²) in [4.78, 5) is 12.2. The highest BCUT2D eigenvalue weighted by atomic mass is 19.1. The van der Waals surface area contributed by atoms with Gasteiger partial charge in [-0.1, -0.05) is 25.0 Å². The van der Waals surface area contributed by atoms with Gasteiger partial charge in [0.1, 0.15) is 12.4 Å². The first-order valence-electron chi connectivity index (χ1n) is 8.50. The van der Waals surface area contributed by atoms with Crippen LogP contribution in [0.5, 0.6) is 0 Å². The first-order chi connectivity index (χ1) is 11.2. The van der Waals surface area contributed by atoms with Crippen molar-refractivity contribution in [2.75, 3.05) is 13.2 Å². The summed E-state index contributed by atoms with van der Waals surface area (Å²) in [6, 6.07) is 5.99. The Balaban J connectivity index is 1.60. The van der Waals surface area contributed by atoms with Crippen molar-refractivity contribution in [3.05, 3.63) is 35.6 Å². The fourth-order valence-electron chi connectivity index (χ4n) is 3.39. The summed E-state index contributed by atoms with van der Waals surface area (Å²) in [6.45, 7) is 0.784. The third-order valence-electron chi connectivity index (χ3n) is 4.63. The van der Waals surface area contributed by atoms with Crippen molar-refractivity contribution in [2.45, 2.75) is 56.8 Å². The van der Waals surface area contributed by atoms with E-state index in [0.717, 1.165) is 31.2 Å². The van der Waals surface area contributed by atoms with Crippen LogP contribution >= 0.6 is 0 Å². The number of halogens is 1. The molecule has 0 unspecified atom stereocenters. The van der Waals surface area contributed by atoms with Gasteiger partial charge >= 0.3 is 0 Å². The molecular weight excluding hydrogens is 297 g/mol. The highest BCUT2D eigenvalue weighted by Crippen LogP contribution is 2.27. The predicted octanol–water partition coefficient (Wildman–Crippen LogP) is 3.12. The molecular formula is C18H24FNO3. The standard InChI is InChI=1S/C18H24FNO3/c19-14-9-7-13(8-10-14)18(16-6-3-11-22-16)20-17(21)12-23-15-4-1-2-5-15/h7-10,15-16,18H,1-6,11-12H2,(H,20,21)/t16-,18-/m1/s1. The highest BCUT2D eigenvalue weighted by Gasteiger charge is 2.29. The van der Waals surface area contributed by atoms with E-state index in [-0.39, 0.29) is 36.6 Å². The van der Waals surface area contributed by atoms with Gasteiger partial charge in [0, 0.05) is 6.61 Å². The zero-order valence-corrected chi connectivity index (χ0v) is 13.3. The molecule has 1 heterocycles. The number of benzene rings is 1. The number of rotatable bonds is 6. The maximum Gasteiger partial charge on any atom is 0.246 e. The molecule has 4 nitrogen and oxygen atoms in total. The third kappa shape index (κ3) is 4.52. The molecule has 23 heavy (non-hydrogen) atoms. The molecule has 1 saturated heterocycles. The number of carbonyl (C=O) groups excluding carboxylic acids is 1. The number of nitrogens with one attached hydrogen (secondary N) is 1. The van der Waals surface area contributed by atoms with Gasteiger partial charge in [-0.3, -0.25) is 4.79 Å². The van der Waals surface area contributed by atoms with E-state index in [0.29, 0.717) is 6.61 Å². The molecule has 126 valence electrons. The Bertz CT molecular complexity index is 508. The molecule has 1 saturated carbocycles. The summed E-state index contributed by atoms with van der Waals surface area (Å²) in [6.07, 6.45) is 6.48. The van der Waals surface area contributed by atoms with Gasteiger partial charge in [-0.15, -0.1) is 0 Å². The number of carbonyl (C=O) groups is 1. The second-order valence-corrected chi connectivity index (χ2v) is 6.37. The third-order valence-corrected chi connectivity index (χ3v) is 4.63. The highest BCUT2D eigenvalue weighted by molar-refractivity contribution is 5.77. The molecule has 0 bridgehead atoms. The molecule has 2 fully saturated rings. The minimum Gasteiger partial charge on any atom is -0.376 e. The monoisotopic (exact) mass is 321 g/mol. The summed E-state index contributed by atoms with van der Waals surface area (Å²) in [5.74, 6) is -0.419. The van der Waals surface area contributed by atoms with Crippen LogP contribution in [0.2, 0.25) is 0 Å². The van der Waals surface area contributed by atoms with E-state index >= 15 is 0 Å². The van der Waals surface area contributed by atoms with Gasteiger partial charge in [-0.25, -0.2) is 4.39 Å². The van der Waals surface area contributed by atoms with Gasteiger partial charge in [-0.05, 0) is 43.4 Å². The molecule has 1 aromatic rings. The predicted molar refractivity (Wildman–Crippen MR) is 84.5 cm³/mol. The molecule has 0 aromatic heterocycles. The SMILES string of the molecule is O=C(COC1CCCC1)N[C@H](c1ccc(F)cc1)[C@H]1CCCO1. The van der Waals surface area contributed by atoms with Crippen molar-refractivity contribution in [2.24, 2.45) is 0 Å². The topological polar surface area (TPSA) is 47.6 Å². The Morgan fingerprint density at radius 1 is 1.22 bits per heavy atom. The number of ether oxygens (including phenoxy) is 2. The van der Waals surface area contributed by atoms with Crippen LogP contribution in [-0.2, 0) is 14.3 Å². The lowest BCUT2D eigenvalue weighted by Gasteiger charge is -2.25. The van der Waals surface area contributed by atoms with Crippen LogP contribution in [0.25, 0.3) is 0 Å². The normalized spacial score (nSPS) is 23.1. The van der Waals surface area contributed by atoms with Gasteiger partial charge in [0.05, 0.1) is 18.2 Å². The van der Waals surface area contributed by atoms with Crippen LogP contribution in [0.1, 0.15) is 50.1 Å². The van der Waals surface area contributed by atoms with E-state index < -0.39 is 0 Å². The molecule has 2 atom stereocenters. The summed E-state index contributed by atoms with van der Waals surface area (Å²) < 4.78 is 24.5. The van der Waals surface area contributed by atoms with E-state index in [2.05, 4.69) is 5.32 Å². The summed E-state index contributed by atoms with van der Waals surface area (Å²) in [5, 5.41) is 3.01. The van der Waals surface area contributed by atoms with Crippen molar-refractivity contribution in [1.82, 2.24) is 5.32 Å². The Labute approximate surface area is 136 Å². The Morgan fingerprint density at radius 3 is 2.61 bits per heavy atom. The molecule has 0 spiro atoms. The second-order valence-electron chi connectivity index (χ2n) is 6.37. The van der Waals surface area contributed by atoms with Crippen LogP contribution in [0, 0.1) is 5.82 Å². The van der Waals surface area contributed by atoms with Gasteiger partial charge < -0.3 is 14.8 Å². The van der Waals surface area contributed by atoms with Gasteiger partial charge in [-0.2, -0.15) is 0 Å². The zero-order valence-electron chi connectivity index (χ0n) is 13.3. The Hall–Kier alpha value is -1.46. The summed E-state index contributed by atoms with van der Waals surface area (Å²) in [7, 11) is 0. The number of hydrogen-bond acceptors (Lipinski definition) is 3. The van der Waals surface area contributed by atoms with Crippen LogP contribution in [0.3, 0.4) is 0 Å². The first-order valence-corrected chi connectivity index (χ1v) is 8.50. The quantitative estimate of drug-likeness (QED) is 0.876. The van der Waals surface area contributed by atoms with Crippen LogP contribution in [-0.4, -0.2) is 31.3 Å². The van der Waals surface area contributed by atoms with E-state index in [1.165, 1.54) is 25.0 Å². The van der Waals surface area contributed by atoms with E-state index in [1.807, 2.05) is 0 Å². The molecule has 0 radical (unpaired) electrons. The van der Waals surface area contributed by atoms with E-state index in [9.17, 15) is 9.18 Å². The van der Waals surface area contributed by atoms with E-state index in [4.69, 9.17) is 9.47 Å². The van der Waals surface area contributed by atoms with Crippen LogP contribution < -0.4 is 5.32 Å². The van der Waals surface area contributed by atoms with E-state index in [1.54, 1.807) is 12.1 Å². The summed E-state index contributed by atoms with van der Waals surface area (Å²) in [5.41, 5.74) is 0.868. The minimum absolute atomic E-state index is 0.0594. The molecule has 1 aromatic carbocycles. The minimum atomic E-state index is -0.282. The lowest BCUT2D eigenvalue weighted by atomic mass is 9.99. The maximum atomic E-state index is 13.1. The van der Waals surface area contributed by atoms with Gasteiger partial charge in [0.2, 0.25) is 5.91 Å². The second kappa shape index (κ2) is 7.88. The molecule has 1 aliphatic heterocycles. The van der Waals surface area contributed by atoms with Crippen molar-refractivity contribution in [1.29, 1.82) is 0 Å². The molecule has 1 amide bonds. The Morgan fingerprint density at radius 2 is 1.96 bits per heavy atom. The molecule has 3 rings (SSSR count). The fraction of sp³-hybridized carbons (Fsp3) is 0.611. The largest absolute Gasteiger partial charge is 0.376 e. The zero-order chi connectivity index (χ0) is 16.1. The smallest absolute Gasteiger partial charge is 0.246 e. The van der Waals surface area contributed by atoms with Crippen molar-refractivity contribution in [3.8, 4) is 0 Å². The molecule has 1 aliphatic carbocycles. The lowest BCUT2D eigenvalue weighted by Crippen LogP contribution is -2.38. The van der Waals surface area contributed by atoms with Gasteiger partial charge in [0.25, 0.3) is 0 Å². The van der Waals surface area contributed by atoms with Crippen LogP contribution in [0.4, 0.5) is 4.39 Å². The summed E-state index contributed by atoms with van der Waals surface area (Å²) >= 11 is 0. The fourth-order valence-corrected chi connectivity index (χ4v) is 3.39. The number of hydrogen-bond donors (Lipinski definition) is 1. The average Bonchev–Trinajstić information content (AvgIpc) is 3.25. The average molecular weight is 321 g/mol. The maximum absolute atomic E-state index is 13.1. The van der Waals surface area contributed by atoms with Crippen molar-refractivity contribution in [3.63, 3.8) is 0 Å². The molecule has 1 N–H and O–H groups in total. The Kier molecular flexibility index (Phi) is 5.62. The molecule has 2 aliphatic rings. The van der Waals surface area contributed by atoms with Gasteiger partial charge in [0.15, 0.2) is 0 Å². The lowest BCUT2D eigenvalue weighted by molar-refractivity contribution is -0.129. The van der Waals surface area contributed by atoms with Crippen molar-refractivity contribution >= 4 is 5.91 Å². The van der Waals surface area contributed by atoms with Crippen LogP contribution in [0.15, 0.2) is 24.3 Å².